The van der Waals surface area contributed by atoms with E-state index in [1.807, 2.05) is 0 Å². The van der Waals surface area contributed by atoms with Gasteiger partial charge in [-0.25, -0.2) is 0 Å². The van der Waals surface area contributed by atoms with Crippen molar-refractivity contribution in [1.82, 2.24) is 0 Å². The van der Waals surface area contributed by atoms with Crippen LogP contribution < -0.4 is 24.8 Å². The SMILES string of the molecule is CC1=Cc2c(-c3ccccc3)cccc2[C@@H]1[Ti+2]([C@H]1C(C)=Cc2c(-c3ccccc3)cccc21)=[Si](C)C.[Cl-].[Cl-]. The van der Waals surface area contributed by atoms with Gasteiger partial charge in [-0.1, -0.05) is 0 Å². The van der Waals surface area contributed by atoms with Crippen LogP contribution in [0.25, 0.3) is 34.4 Å². The van der Waals surface area contributed by atoms with Crippen LogP contribution in [0.3, 0.4) is 0 Å². The van der Waals surface area contributed by atoms with Gasteiger partial charge in [0.1, 0.15) is 0 Å². The fourth-order valence-electron chi connectivity index (χ4n) is 6.41. The van der Waals surface area contributed by atoms with E-state index < -0.39 is 22.8 Å². The summed E-state index contributed by atoms with van der Waals surface area (Å²) in [5.41, 5.74) is 14.7. The largest absolute Gasteiger partial charge is 1.00 e. The van der Waals surface area contributed by atoms with E-state index >= 15 is 0 Å². The van der Waals surface area contributed by atoms with Gasteiger partial charge in [0.05, 0.1) is 0 Å². The van der Waals surface area contributed by atoms with Crippen LogP contribution in [0, 0.1) is 0 Å². The smallest absolute Gasteiger partial charge is 1.00 e. The van der Waals surface area contributed by atoms with Gasteiger partial charge in [-0.05, 0) is 0 Å². The van der Waals surface area contributed by atoms with Crippen LogP contribution >= 0.6 is 0 Å². The van der Waals surface area contributed by atoms with E-state index in [0.29, 0.717) is 8.45 Å². The summed E-state index contributed by atoms with van der Waals surface area (Å²) in [6.45, 7) is 10.0. The van der Waals surface area contributed by atoms with E-state index in [0.717, 1.165) is 0 Å². The molecule has 4 aromatic rings. The summed E-state index contributed by atoms with van der Waals surface area (Å²) in [7, 11) is 0. The van der Waals surface area contributed by atoms with E-state index in [1.165, 1.54) is 33.4 Å². The summed E-state index contributed by atoms with van der Waals surface area (Å²) in [4.78, 5) is 0. The molecule has 4 aromatic carbocycles. The Labute approximate surface area is 246 Å². The van der Waals surface area contributed by atoms with Crippen LogP contribution in [0.2, 0.25) is 13.1 Å². The molecule has 0 unspecified atom stereocenters. The second-order valence-electron chi connectivity index (χ2n) is 10.4. The average Bonchev–Trinajstić information content (AvgIpc) is 3.41. The molecule has 0 fully saturated rings. The molecule has 2 atom stereocenters. The molecule has 0 heterocycles. The second-order valence-corrected chi connectivity index (χ2v) is 22.7. The molecule has 38 heavy (non-hydrogen) atoms. The first-order valence-electron chi connectivity index (χ1n) is 12.9. The van der Waals surface area contributed by atoms with Crippen molar-refractivity contribution in [3.63, 3.8) is 0 Å². The third-order valence-electron chi connectivity index (χ3n) is 7.93. The number of halogens is 2. The maximum atomic E-state index is 2.60. The van der Waals surface area contributed by atoms with Crippen LogP contribution in [-0.4, -0.2) is 6.19 Å². The fourth-order valence-corrected chi connectivity index (χ4v) is 20.3. The van der Waals surface area contributed by atoms with Crippen LogP contribution in [-0.2, 0) is 16.6 Å². The predicted octanol–water partition coefficient (Wildman–Crippen LogP) is 3.51. The first-order chi connectivity index (χ1) is 17.5. The Kier molecular flexibility index (Phi) is 9.07. The predicted molar refractivity (Wildman–Crippen MR) is 154 cm³/mol. The minimum Gasteiger partial charge on any atom is -1.00 e. The van der Waals surface area contributed by atoms with Crippen LogP contribution in [0.5, 0.6) is 0 Å². The number of rotatable bonds is 4. The molecule has 0 aliphatic heterocycles. The summed E-state index contributed by atoms with van der Waals surface area (Å²) < 4.78 is 1.26. The van der Waals surface area contributed by atoms with Gasteiger partial charge >= 0.3 is 223 Å². The van der Waals surface area contributed by atoms with Gasteiger partial charge < -0.3 is 24.8 Å². The number of fused-ring (bicyclic) bond motifs is 2. The summed E-state index contributed by atoms with van der Waals surface area (Å²) >= 11 is -1.64. The van der Waals surface area contributed by atoms with Crippen molar-refractivity contribution in [2.45, 2.75) is 35.4 Å². The standard InChI is InChI=1S/2C16H13.C2H6Si.2ClH.Ti/c2*1-12-10-14-8-5-9-15(16(14)11-12)13-6-3-2-4-7-13;1-3-2;;;/h2*2-11H,1H3;1-2H3;2*1H;/q;;;;;+2/p-2. The van der Waals surface area contributed by atoms with Crippen molar-refractivity contribution in [3.05, 3.63) is 130 Å². The Morgan fingerprint density at radius 2 is 0.921 bits per heavy atom. The van der Waals surface area contributed by atoms with Gasteiger partial charge in [-0.2, -0.15) is 0 Å². The molecule has 0 nitrogen and oxygen atoms in total. The first-order valence-corrected chi connectivity index (χ1v) is 19.6. The number of hydrogen-bond donors (Lipinski definition) is 0. The molecule has 0 bridgehead atoms. The fraction of sp³-hybridized carbons (Fsp3) is 0.176. The minimum atomic E-state index is -1.64. The molecular formula is C34H32Cl2SiTi. The van der Waals surface area contributed by atoms with Crippen molar-refractivity contribution in [2.24, 2.45) is 0 Å². The van der Waals surface area contributed by atoms with Gasteiger partial charge in [0, 0.05) is 0 Å². The molecule has 0 saturated heterocycles. The zero-order valence-corrected chi connectivity index (χ0v) is 26.4. The molecule has 2 aliphatic rings. The zero-order chi connectivity index (χ0) is 24.8. The second kappa shape index (κ2) is 11.9. The zero-order valence-electron chi connectivity index (χ0n) is 22.3. The average molecular weight is 587 g/mol. The molecule has 190 valence electrons. The Morgan fingerprint density at radius 3 is 1.29 bits per heavy atom. The number of hydrogen-bond acceptors (Lipinski definition) is 0. The maximum absolute atomic E-state index is 2.60. The van der Waals surface area contributed by atoms with Crippen LogP contribution in [0.4, 0.5) is 0 Å². The normalized spacial score (nSPS) is 16.6. The summed E-state index contributed by atoms with van der Waals surface area (Å²) in [5.74, 6) is 0. The third kappa shape index (κ3) is 4.96. The number of allylic oxidation sites excluding steroid dienone is 2. The van der Waals surface area contributed by atoms with Gasteiger partial charge in [-0.15, -0.1) is 0 Å². The van der Waals surface area contributed by atoms with E-state index in [9.17, 15) is 0 Å². The topological polar surface area (TPSA) is 0 Å². The van der Waals surface area contributed by atoms with Gasteiger partial charge in [0.25, 0.3) is 0 Å². The Bertz CT molecular complexity index is 1450. The Hall–Kier alpha value is -2.13. The maximum Gasteiger partial charge on any atom is -1.00 e. The van der Waals surface area contributed by atoms with E-state index in [2.05, 4.69) is 136 Å². The molecule has 0 aromatic heterocycles. The van der Waals surface area contributed by atoms with Crippen LogP contribution in [0.1, 0.15) is 44.5 Å². The van der Waals surface area contributed by atoms with Crippen molar-refractivity contribution in [1.29, 1.82) is 0 Å². The molecule has 2 aliphatic carbocycles. The van der Waals surface area contributed by atoms with E-state index in [-0.39, 0.29) is 24.8 Å². The van der Waals surface area contributed by atoms with Gasteiger partial charge in [0.2, 0.25) is 0 Å². The van der Waals surface area contributed by atoms with Crippen molar-refractivity contribution < 1.29 is 41.4 Å². The molecule has 4 heteroatoms. The van der Waals surface area contributed by atoms with Crippen molar-refractivity contribution in [2.75, 3.05) is 0 Å². The molecule has 0 saturated carbocycles. The molecule has 0 radical (unpaired) electrons. The Balaban J connectivity index is 0.00000168. The number of benzene rings is 4. The minimum absolute atomic E-state index is 0. The molecule has 0 spiro atoms. The van der Waals surface area contributed by atoms with Crippen molar-refractivity contribution >= 4 is 18.3 Å². The van der Waals surface area contributed by atoms with Gasteiger partial charge in [-0.3, -0.25) is 0 Å². The molecule has 6 rings (SSSR count). The molecular weight excluding hydrogens is 555 g/mol. The van der Waals surface area contributed by atoms with E-state index in [1.54, 1.807) is 22.3 Å². The molecule has 0 N–H and O–H groups in total. The Morgan fingerprint density at radius 1 is 0.526 bits per heavy atom. The third-order valence-corrected chi connectivity index (χ3v) is 21.2. The van der Waals surface area contributed by atoms with Gasteiger partial charge in [0.15, 0.2) is 0 Å². The summed E-state index contributed by atoms with van der Waals surface area (Å²) in [5, 5.41) is 0. The van der Waals surface area contributed by atoms with Crippen LogP contribution in [0.15, 0.2) is 108 Å². The summed E-state index contributed by atoms with van der Waals surface area (Å²) in [6.07, 6.45) is 4.59. The molecule has 0 amide bonds. The monoisotopic (exact) mass is 586 g/mol. The van der Waals surface area contributed by atoms with Crippen molar-refractivity contribution in [3.8, 4) is 22.3 Å². The summed E-state index contributed by atoms with van der Waals surface area (Å²) in [6, 6.07) is 36.0. The quantitative estimate of drug-likeness (QED) is 0.321. The first kappa shape index (κ1) is 28.9. The van der Waals surface area contributed by atoms with E-state index in [4.69, 9.17) is 0 Å².